The van der Waals surface area contributed by atoms with Crippen LogP contribution in [0, 0.1) is 5.41 Å². The summed E-state index contributed by atoms with van der Waals surface area (Å²) in [5.41, 5.74) is 1.87. The first-order valence-corrected chi connectivity index (χ1v) is 10.4. The molecule has 0 bridgehead atoms. The first-order valence-electron chi connectivity index (χ1n) is 10.4. The quantitative estimate of drug-likeness (QED) is 0.562. The van der Waals surface area contributed by atoms with E-state index in [2.05, 4.69) is 57.4 Å². The van der Waals surface area contributed by atoms with Crippen LogP contribution in [0.5, 0.6) is 0 Å². The van der Waals surface area contributed by atoms with Gasteiger partial charge in [0.15, 0.2) is 5.96 Å². The molecule has 1 unspecified atom stereocenters. The summed E-state index contributed by atoms with van der Waals surface area (Å²) in [5.74, 6) is 1.06. The number of hydrogen-bond acceptors (Lipinski definition) is 3. The monoisotopic (exact) mass is 372 g/mol. The molecule has 3 rings (SSSR count). The van der Waals surface area contributed by atoms with Crippen molar-refractivity contribution in [2.75, 3.05) is 53.5 Å². The average molecular weight is 373 g/mol. The molecule has 1 aliphatic carbocycles. The van der Waals surface area contributed by atoms with Crippen LogP contribution in [-0.4, -0.2) is 69.2 Å². The normalized spacial score (nSPS) is 21.1. The second-order valence-electron chi connectivity index (χ2n) is 8.00. The number of guanidine groups is 1. The molecular formula is C22H36N4O. The minimum atomic E-state index is 0.439. The van der Waals surface area contributed by atoms with Gasteiger partial charge in [-0.3, -0.25) is 9.89 Å². The van der Waals surface area contributed by atoms with E-state index in [0.717, 1.165) is 58.1 Å². The summed E-state index contributed by atoms with van der Waals surface area (Å²) in [5, 5.41) is 3.64. The highest BCUT2D eigenvalue weighted by Gasteiger charge is 2.42. The van der Waals surface area contributed by atoms with Crippen molar-refractivity contribution in [3.8, 4) is 0 Å². The molecule has 1 aromatic carbocycles. The van der Waals surface area contributed by atoms with Crippen LogP contribution in [0.25, 0.3) is 0 Å². The lowest BCUT2D eigenvalue weighted by Crippen LogP contribution is -2.53. The van der Waals surface area contributed by atoms with E-state index in [9.17, 15) is 0 Å². The Balaban J connectivity index is 1.50. The predicted octanol–water partition coefficient (Wildman–Crippen LogP) is 3.15. The largest absolute Gasteiger partial charge is 0.385 e. The minimum absolute atomic E-state index is 0.439. The lowest BCUT2D eigenvalue weighted by Gasteiger charge is -2.40. The van der Waals surface area contributed by atoms with Crippen molar-refractivity contribution >= 4 is 5.96 Å². The second-order valence-corrected chi connectivity index (χ2v) is 8.00. The third-order valence-corrected chi connectivity index (χ3v) is 6.25. The van der Waals surface area contributed by atoms with E-state index in [0.29, 0.717) is 11.5 Å². The highest BCUT2D eigenvalue weighted by atomic mass is 16.5. The van der Waals surface area contributed by atoms with Crippen molar-refractivity contribution in [1.82, 2.24) is 15.1 Å². The van der Waals surface area contributed by atoms with Crippen LogP contribution >= 0.6 is 0 Å². The molecule has 0 amide bonds. The van der Waals surface area contributed by atoms with Crippen LogP contribution in [0.3, 0.4) is 0 Å². The first-order chi connectivity index (χ1) is 13.2. The molecule has 1 saturated carbocycles. The summed E-state index contributed by atoms with van der Waals surface area (Å²) < 4.78 is 5.27. The summed E-state index contributed by atoms with van der Waals surface area (Å²) >= 11 is 0. The number of benzene rings is 1. The van der Waals surface area contributed by atoms with E-state index in [-0.39, 0.29) is 0 Å². The van der Waals surface area contributed by atoms with Crippen LogP contribution in [0.2, 0.25) is 0 Å². The van der Waals surface area contributed by atoms with Gasteiger partial charge in [0.2, 0.25) is 0 Å². The summed E-state index contributed by atoms with van der Waals surface area (Å²) in [7, 11) is 3.70. The van der Waals surface area contributed by atoms with Crippen LogP contribution in [0.1, 0.15) is 44.2 Å². The fourth-order valence-electron chi connectivity index (χ4n) is 4.23. The lowest BCUT2D eigenvalue weighted by molar-refractivity contribution is 0.126. The fraction of sp³-hybridized carbons (Fsp3) is 0.682. The van der Waals surface area contributed by atoms with Crippen molar-refractivity contribution in [1.29, 1.82) is 0 Å². The van der Waals surface area contributed by atoms with E-state index in [1.54, 1.807) is 7.11 Å². The lowest BCUT2D eigenvalue weighted by atomic mass is 10.0. The van der Waals surface area contributed by atoms with Gasteiger partial charge in [0.25, 0.3) is 0 Å². The van der Waals surface area contributed by atoms with Gasteiger partial charge >= 0.3 is 0 Å². The molecule has 150 valence electrons. The van der Waals surface area contributed by atoms with E-state index >= 15 is 0 Å². The molecule has 0 radical (unpaired) electrons. The maximum absolute atomic E-state index is 5.27. The molecule has 1 saturated heterocycles. The highest BCUT2D eigenvalue weighted by molar-refractivity contribution is 5.80. The zero-order chi connectivity index (χ0) is 19.1. The van der Waals surface area contributed by atoms with Crippen molar-refractivity contribution in [3.05, 3.63) is 35.9 Å². The Morgan fingerprint density at radius 1 is 1.19 bits per heavy atom. The Kier molecular flexibility index (Phi) is 7.13. The Morgan fingerprint density at radius 3 is 2.44 bits per heavy atom. The summed E-state index contributed by atoms with van der Waals surface area (Å²) in [6.07, 6.45) is 4.92. The Bertz CT molecular complexity index is 592. The van der Waals surface area contributed by atoms with Crippen LogP contribution < -0.4 is 5.32 Å². The number of hydrogen-bond donors (Lipinski definition) is 1. The minimum Gasteiger partial charge on any atom is -0.385 e. The maximum atomic E-state index is 5.27. The molecule has 0 spiro atoms. The van der Waals surface area contributed by atoms with Gasteiger partial charge in [-0.25, -0.2) is 0 Å². The van der Waals surface area contributed by atoms with Crippen molar-refractivity contribution < 1.29 is 4.74 Å². The van der Waals surface area contributed by atoms with Crippen LogP contribution in [0.4, 0.5) is 0 Å². The number of piperazine rings is 1. The molecule has 0 aromatic heterocycles. The fourth-order valence-corrected chi connectivity index (χ4v) is 4.23. The van der Waals surface area contributed by atoms with Crippen molar-refractivity contribution in [3.63, 3.8) is 0 Å². The summed E-state index contributed by atoms with van der Waals surface area (Å²) in [4.78, 5) is 9.60. The van der Waals surface area contributed by atoms with Gasteiger partial charge in [0.05, 0.1) is 0 Å². The van der Waals surface area contributed by atoms with Crippen LogP contribution in [-0.2, 0) is 4.74 Å². The number of nitrogens with one attached hydrogen (secondary N) is 1. The zero-order valence-electron chi connectivity index (χ0n) is 17.3. The maximum Gasteiger partial charge on any atom is 0.193 e. The Hall–Kier alpha value is -1.59. The first kappa shape index (κ1) is 20.2. The Labute approximate surface area is 164 Å². The van der Waals surface area contributed by atoms with Crippen LogP contribution in [0.15, 0.2) is 35.3 Å². The number of ether oxygens (including phenoxy) is 1. The van der Waals surface area contributed by atoms with E-state index in [1.807, 2.05) is 7.05 Å². The van der Waals surface area contributed by atoms with Gasteiger partial charge in [-0.05, 0) is 36.7 Å². The highest BCUT2D eigenvalue weighted by Crippen LogP contribution is 2.48. The Morgan fingerprint density at radius 2 is 1.89 bits per heavy atom. The summed E-state index contributed by atoms with van der Waals surface area (Å²) in [6, 6.07) is 11.4. The number of aliphatic imine (C=N–C) groups is 1. The second kappa shape index (κ2) is 9.56. The molecule has 5 nitrogen and oxygen atoms in total. The smallest absolute Gasteiger partial charge is 0.193 e. The molecule has 2 fully saturated rings. The SMILES string of the molecule is CCC(c1ccccc1)N1CCN(C(=NC)NCC2(CCOC)CC2)CC1. The molecule has 1 atom stereocenters. The van der Waals surface area contributed by atoms with Gasteiger partial charge in [-0.2, -0.15) is 0 Å². The molecule has 2 aliphatic rings. The van der Waals surface area contributed by atoms with E-state index in [1.165, 1.54) is 18.4 Å². The average Bonchev–Trinajstić information content (AvgIpc) is 3.49. The van der Waals surface area contributed by atoms with Gasteiger partial charge < -0.3 is 15.0 Å². The molecule has 27 heavy (non-hydrogen) atoms. The van der Waals surface area contributed by atoms with E-state index in [4.69, 9.17) is 4.74 Å². The standard InChI is InChI=1S/C22H36N4O/c1-4-20(19-8-6-5-7-9-19)25-13-15-26(16-14-25)21(23-2)24-18-22(10-11-22)12-17-27-3/h5-9,20H,4,10-18H2,1-3H3,(H,23,24). The van der Waals surface area contributed by atoms with E-state index < -0.39 is 0 Å². The number of rotatable bonds is 8. The molecule has 1 heterocycles. The third kappa shape index (κ3) is 5.23. The topological polar surface area (TPSA) is 40.1 Å². The third-order valence-electron chi connectivity index (χ3n) is 6.25. The summed E-state index contributed by atoms with van der Waals surface area (Å²) in [6.45, 7) is 8.41. The van der Waals surface area contributed by atoms with Gasteiger partial charge in [-0.15, -0.1) is 0 Å². The van der Waals surface area contributed by atoms with Gasteiger partial charge in [-0.1, -0.05) is 37.3 Å². The van der Waals surface area contributed by atoms with Crippen molar-refractivity contribution in [2.45, 2.75) is 38.6 Å². The molecule has 5 heteroatoms. The number of nitrogens with zero attached hydrogens (tertiary/aromatic N) is 3. The molecule has 1 aromatic rings. The van der Waals surface area contributed by atoms with Crippen molar-refractivity contribution in [2.24, 2.45) is 10.4 Å². The zero-order valence-corrected chi connectivity index (χ0v) is 17.3. The molecular weight excluding hydrogens is 336 g/mol. The predicted molar refractivity (Wildman–Crippen MR) is 112 cm³/mol. The number of methoxy groups -OCH3 is 1. The molecule has 1 N–H and O–H groups in total. The van der Waals surface area contributed by atoms with Gasteiger partial charge in [0.1, 0.15) is 0 Å². The molecule has 1 aliphatic heterocycles. The van der Waals surface area contributed by atoms with Gasteiger partial charge in [0, 0.05) is 59.5 Å².